The van der Waals surface area contributed by atoms with Crippen molar-refractivity contribution in [3.05, 3.63) is 82.3 Å². The topological polar surface area (TPSA) is 99.9 Å². The molecule has 0 aliphatic rings. The van der Waals surface area contributed by atoms with Crippen molar-refractivity contribution in [1.82, 2.24) is 15.0 Å². The van der Waals surface area contributed by atoms with Crippen LogP contribution in [0, 0.1) is 0 Å². The standard InChI is InChI=1S/C21H18N4O3/c1-28-21(27)25-20-23-17-16(12-22-18(17)19(26)24-20)11-13-7-9-15(10-8-13)14-5-3-2-4-6-14/h2-10,12,22H,11H2,1H3,(H2,23,24,25,26,27). The molecule has 1 amide bonds. The van der Waals surface area contributed by atoms with Crippen LogP contribution in [-0.2, 0) is 11.2 Å². The van der Waals surface area contributed by atoms with Crippen molar-refractivity contribution in [3.8, 4) is 11.1 Å². The molecule has 140 valence electrons. The maximum atomic E-state index is 12.2. The Hall–Kier alpha value is -3.87. The van der Waals surface area contributed by atoms with Crippen molar-refractivity contribution in [3.63, 3.8) is 0 Å². The van der Waals surface area contributed by atoms with Crippen LogP contribution in [-0.4, -0.2) is 28.2 Å². The van der Waals surface area contributed by atoms with Gasteiger partial charge in [0.1, 0.15) is 11.0 Å². The van der Waals surface area contributed by atoms with Crippen molar-refractivity contribution < 1.29 is 9.53 Å². The average Bonchev–Trinajstić information content (AvgIpc) is 3.12. The number of carbonyl (C=O) groups excluding carboxylic acids is 1. The molecule has 0 saturated carbocycles. The molecule has 0 spiro atoms. The molecule has 0 radical (unpaired) electrons. The van der Waals surface area contributed by atoms with Gasteiger partial charge in [-0.15, -0.1) is 0 Å². The predicted molar refractivity (Wildman–Crippen MR) is 107 cm³/mol. The maximum Gasteiger partial charge on any atom is 0.413 e. The Balaban J connectivity index is 1.62. The third kappa shape index (κ3) is 3.50. The number of anilines is 1. The van der Waals surface area contributed by atoms with E-state index in [-0.39, 0.29) is 11.5 Å². The highest BCUT2D eigenvalue weighted by molar-refractivity contribution is 5.85. The Bertz CT molecular complexity index is 1180. The first-order chi connectivity index (χ1) is 13.6. The molecule has 3 N–H and O–H groups in total. The summed E-state index contributed by atoms with van der Waals surface area (Å²) in [6.07, 6.45) is 1.67. The van der Waals surface area contributed by atoms with Crippen LogP contribution < -0.4 is 10.9 Å². The third-order valence-corrected chi connectivity index (χ3v) is 4.48. The molecule has 2 heterocycles. The van der Waals surface area contributed by atoms with Gasteiger partial charge in [0.2, 0.25) is 5.95 Å². The summed E-state index contributed by atoms with van der Waals surface area (Å²) in [4.78, 5) is 33.4. The largest absolute Gasteiger partial charge is 0.453 e. The number of hydrogen-bond donors (Lipinski definition) is 3. The van der Waals surface area contributed by atoms with E-state index >= 15 is 0 Å². The molecule has 4 rings (SSSR count). The van der Waals surface area contributed by atoms with E-state index in [9.17, 15) is 9.59 Å². The van der Waals surface area contributed by atoms with Gasteiger partial charge in [-0.3, -0.25) is 15.1 Å². The number of carbonyl (C=O) groups is 1. The van der Waals surface area contributed by atoms with Gasteiger partial charge in [0.25, 0.3) is 5.56 Å². The molecule has 7 nitrogen and oxygen atoms in total. The van der Waals surface area contributed by atoms with Gasteiger partial charge in [0.05, 0.1) is 7.11 Å². The Morgan fingerprint density at radius 1 is 1.07 bits per heavy atom. The Kier molecular flexibility index (Phi) is 4.63. The molecule has 0 bridgehead atoms. The van der Waals surface area contributed by atoms with Crippen LogP contribution in [0.3, 0.4) is 0 Å². The first-order valence-electron chi connectivity index (χ1n) is 8.73. The van der Waals surface area contributed by atoms with E-state index in [0.717, 1.165) is 22.3 Å². The summed E-state index contributed by atoms with van der Waals surface area (Å²) in [5.41, 5.74) is 4.78. The van der Waals surface area contributed by atoms with E-state index in [1.54, 1.807) is 6.20 Å². The summed E-state index contributed by atoms with van der Waals surface area (Å²) in [6.45, 7) is 0. The number of nitrogens with zero attached hydrogens (tertiary/aromatic N) is 1. The van der Waals surface area contributed by atoms with Gasteiger partial charge in [0, 0.05) is 18.2 Å². The van der Waals surface area contributed by atoms with Gasteiger partial charge in [-0.1, -0.05) is 54.6 Å². The normalized spacial score (nSPS) is 10.8. The van der Waals surface area contributed by atoms with Crippen LogP contribution in [0.1, 0.15) is 11.1 Å². The molecule has 2 aromatic heterocycles. The van der Waals surface area contributed by atoms with Crippen molar-refractivity contribution in [2.75, 3.05) is 12.4 Å². The molecule has 0 atom stereocenters. The molecule has 0 aliphatic carbocycles. The summed E-state index contributed by atoms with van der Waals surface area (Å²) in [5, 5.41) is 2.39. The van der Waals surface area contributed by atoms with E-state index in [0.29, 0.717) is 17.5 Å². The molecule has 7 heteroatoms. The van der Waals surface area contributed by atoms with E-state index in [1.807, 2.05) is 18.2 Å². The number of fused-ring (bicyclic) bond motifs is 1. The average molecular weight is 374 g/mol. The molecule has 2 aromatic carbocycles. The van der Waals surface area contributed by atoms with Crippen LogP contribution in [0.25, 0.3) is 22.2 Å². The molecule has 28 heavy (non-hydrogen) atoms. The SMILES string of the molecule is COC(=O)Nc1nc2c(Cc3ccc(-c4ccccc4)cc3)c[nH]c2c(=O)[nH]1. The monoisotopic (exact) mass is 374 g/mol. The lowest BCUT2D eigenvalue weighted by Gasteiger charge is -2.05. The smallest absolute Gasteiger partial charge is 0.413 e. The van der Waals surface area contributed by atoms with Gasteiger partial charge < -0.3 is 9.72 Å². The summed E-state index contributed by atoms with van der Waals surface area (Å²) in [5.74, 6) is 0.0459. The van der Waals surface area contributed by atoms with Gasteiger partial charge in [-0.25, -0.2) is 9.78 Å². The zero-order chi connectivity index (χ0) is 19.5. The molecule has 4 aromatic rings. The Morgan fingerprint density at radius 3 is 2.50 bits per heavy atom. The molecular weight excluding hydrogens is 356 g/mol. The number of methoxy groups -OCH3 is 1. The number of amides is 1. The number of aromatic nitrogens is 3. The minimum atomic E-state index is -0.698. The zero-order valence-electron chi connectivity index (χ0n) is 15.2. The second kappa shape index (κ2) is 7.40. The summed E-state index contributed by atoms with van der Waals surface area (Å²) in [6, 6.07) is 18.4. The summed E-state index contributed by atoms with van der Waals surface area (Å²) >= 11 is 0. The predicted octanol–water partition coefficient (Wildman–Crippen LogP) is 3.69. The number of nitrogens with one attached hydrogen (secondary N) is 3. The van der Waals surface area contributed by atoms with Crippen molar-refractivity contribution in [2.24, 2.45) is 0 Å². The van der Waals surface area contributed by atoms with Gasteiger partial charge >= 0.3 is 6.09 Å². The lowest BCUT2D eigenvalue weighted by Crippen LogP contribution is -2.18. The van der Waals surface area contributed by atoms with E-state index < -0.39 is 6.09 Å². The lowest BCUT2D eigenvalue weighted by molar-refractivity contribution is 0.186. The molecule has 0 aliphatic heterocycles. The van der Waals surface area contributed by atoms with E-state index in [1.165, 1.54) is 7.11 Å². The minimum Gasteiger partial charge on any atom is -0.453 e. The van der Waals surface area contributed by atoms with Crippen molar-refractivity contribution in [2.45, 2.75) is 6.42 Å². The zero-order valence-corrected chi connectivity index (χ0v) is 15.2. The fourth-order valence-corrected chi connectivity index (χ4v) is 3.07. The van der Waals surface area contributed by atoms with Crippen LogP contribution in [0.4, 0.5) is 10.7 Å². The van der Waals surface area contributed by atoms with Crippen LogP contribution >= 0.6 is 0 Å². The van der Waals surface area contributed by atoms with Crippen molar-refractivity contribution in [1.29, 1.82) is 0 Å². The molecule has 0 unspecified atom stereocenters. The highest BCUT2D eigenvalue weighted by atomic mass is 16.5. The maximum absolute atomic E-state index is 12.2. The lowest BCUT2D eigenvalue weighted by atomic mass is 10.0. The van der Waals surface area contributed by atoms with Crippen LogP contribution in [0.2, 0.25) is 0 Å². The fourth-order valence-electron chi connectivity index (χ4n) is 3.07. The number of hydrogen-bond acceptors (Lipinski definition) is 4. The molecular formula is C21H18N4O3. The Morgan fingerprint density at radius 2 is 1.79 bits per heavy atom. The number of H-pyrrole nitrogens is 2. The number of rotatable bonds is 4. The van der Waals surface area contributed by atoms with Gasteiger partial charge in [0.15, 0.2) is 0 Å². The second-order valence-corrected chi connectivity index (χ2v) is 6.31. The second-order valence-electron chi connectivity index (χ2n) is 6.31. The first-order valence-corrected chi connectivity index (χ1v) is 8.73. The molecule has 0 saturated heterocycles. The number of ether oxygens (including phenoxy) is 1. The van der Waals surface area contributed by atoms with Crippen LogP contribution in [0.5, 0.6) is 0 Å². The minimum absolute atomic E-state index is 0.0459. The third-order valence-electron chi connectivity index (χ3n) is 4.48. The summed E-state index contributed by atoms with van der Waals surface area (Å²) in [7, 11) is 1.24. The van der Waals surface area contributed by atoms with Crippen LogP contribution in [0.15, 0.2) is 65.6 Å². The Labute approximate surface area is 160 Å². The highest BCUT2D eigenvalue weighted by Crippen LogP contribution is 2.22. The first kappa shape index (κ1) is 17.5. The number of aromatic amines is 2. The summed E-state index contributed by atoms with van der Waals surface area (Å²) < 4.78 is 4.54. The van der Waals surface area contributed by atoms with Gasteiger partial charge in [-0.05, 0) is 16.7 Å². The van der Waals surface area contributed by atoms with Gasteiger partial charge in [-0.2, -0.15) is 0 Å². The van der Waals surface area contributed by atoms with Crippen molar-refractivity contribution >= 4 is 23.1 Å². The highest BCUT2D eigenvalue weighted by Gasteiger charge is 2.13. The quantitative estimate of drug-likeness (QED) is 0.507. The number of benzene rings is 2. The molecule has 0 fully saturated rings. The van der Waals surface area contributed by atoms with E-state index in [2.05, 4.69) is 61.4 Å². The van der Waals surface area contributed by atoms with E-state index in [4.69, 9.17) is 0 Å². The fraction of sp³-hybridized carbons (Fsp3) is 0.0952.